The summed E-state index contributed by atoms with van der Waals surface area (Å²) in [6, 6.07) is 31.2. The van der Waals surface area contributed by atoms with Gasteiger partial charge in [0.05, 0.1) is 6.61 Å². The van der Waals surface area contributed by atoms with E-state index < -0.39 is 8.80 Å². The molecule has 0 bridgehead atoms. The Hall–Kier alpha value is -2.58. The lowest BCUT2D eigenvalue weighted by Crippen LogP contribution is -2.42. The number of ether oxygens (including phenoxy) is 1. The van der Waals surface area contributed by atoms with E-state index in [1.54, 1.807) is 0 Å². The van der Waals surface area contributed by atoms with Crippen molar-refractivity contribution in [1.82, 2.24) is 0 Å². The Balaban J connectivity index is 1.59. The van der Waals surface area contributed by atoms with Crippen molar-refractivity contribution in [2.45, 2.75) is 19.4 Å². The molecule has 0 aromatic heterocycles. The van der Waals surface area contributed by atoms with Gasteiger partial charge in [-0.25, -0.2) is 0 Å². The van der Waals surface area contributed by atoms with E-state index in [1.807, 2.05) is 19.1 Å². The first kappa shape index (κ1) is 18.2. The van der Waals surface area contributed by atoms with Crippen LogP contribution in [0.2, 0.25) is 6.04 Å². The monoisotopic (exact) mass is 357 g/mol. The molecule has 0 saturated carbocycles. The molecule has 0 atom stereocenters. The summed E-state index contributed by atoms with van der Waals surface area (Å²) in [5.74, 6) is 0.934. The van der Waals surface area contributed by atoms with Crippen LogP contribution in [0.3, 0.4) is 0 Å². The molecule has 0 aliphatic rings. The highest BCUT2D eigenvalue weighted by Gasteiger charge is 2.16. The van der Waals surface area contributed by atoms with Gasteiger partial charge in [0.15, 0.2) is 0 Å². The van der Waals surface area contributed by atoms with E-state index in [-0.39, 0.29) is 0 Å². The van der Waals surface area contributed by atoms with Crippen LogP contribution in [0.15, 0.2) is 91.5 Å². The SMILES string of the molecule is C=C(C)c1ccc(OCCC[Si](c2ccccc2)c2ccccc2)cc1. The molecule has 3 aromatic carbocycles. The lowest BCUT2D eigenvalue weighted by Gasteiger charge is -2.16. The van der Waals surface area contributed by atoms with Crippen molar-refractivity contribution in [2.75, 3.05) is 6.61 Å². The molecule has 0 amide bonds. The fraction of sp³-hybridized carbons (Fsp3) is 0.167. The molecule has 1 nitrogen and oxygen atoms in total. The molecule has 1 radical (unpaired) electrons. The molecule has 0 aliphatic carbocycles. The summed E-state index contributed by atoms with van der Waals surface area (Å²) in [4.78, 5) is 0. The third-order valence-electron chi connectivity index (χ3n) is 4.43. The first-order valence-electron chi connectivity index (χ1n) is 9.09. The van der Waals surface area contributed by atoms with E-state index >= 15 is 0 Å². The quantitative estimate of drug-likeness (QED) is 0.416. The van der Waals surface area contributed by atoms with Crippen molar-refractivity contribution in [3.8, 4) is 5.75 Å². The molecule has 0 saturated heterocycles. The molecular weight excluding hydrogens is 332 g/mol. The predicted molar refractivity (Wildman–Crippen MR) is 114 cm³/mol. The predicted octanol–water partition coefficient (Wildman–Crippen LogP) is 4.80. The van der Waals surface area contributed by atoms with Crippen molar-refractivity contribution in [3.63, 3.8) is 0 Å². The molecule has 0 spiro atoms. The average molecular weight is 358 g/mol. The van der Waals surface area contributed by atoms with Crippen LogP contribution >= 0.6 is 0 Å². The Morgan fingerprint density at radius 2 is 1.35 bits per heavy atom. The highest BCUT2D eigenvalue weighted by atomic mass is 28.3. The van der Waals surface area contributed by atoms with E-state index in [1.165, 1.54) is 16.4 Å². The summed E-state index contributed by atoms with van der Waals surface area (Å²) in [5, 5.41) is 2.93. The third kappa shape index (κ3) is 4.96. The first-order chi connectivity index (χ1) is 12.7. The van der Waals surface area contributed by atoms with E-state index in [0.29, 0.717) is 0 Å². The average Bonchev–Trinajstić information content (AvgIpc) is 2.70. The second kappa shape index (κ2) is 9.21. The van der Waals surface area contributed by atoms with Gasteiger partial charge in [0.2, 0.25) is 0 Å². The summed E-state index contributed by atoms with van der Waals surface area (Å²) >= 11 is 0. The zero-order valence-corrected chi connectivity index (χ0v) is 16.3. The van der Waals surface area contributed by atoms with E-state index in [0.717, 1.165) is 29.9 Å². The van der Waals surface area contributed by atoms with Gasteiger partial charge in [-0.2, -0.15) is 0 Å². The fourth-order valence-corrected chi connectivity index (χ4v) is 5.61. The minimum atomic E-state index is -0.763. The van der Waals surface area contributed by atoms with Gasteiger partial charge in [0.25, 0.3) is 0 Å². The molecule has 131 valence electrons. The van der Waals surface area contributed by atoms with Crippen molar-refractivity contribution in [2.24, 2.45) is 0 Å². The number of benzene rings is 3. The largest absolute Gasteiger partial charge is 0.494 e. The van der Waals surface area contributed by atoms with Crippen LogP contribution in [0.5, 0.6) is 5.75 Å². The summed E-state index contributed by atoms with van der Waals surface area (Å²) < 4.78 is 5.95. The maximum absolute atomic E-state index is 5.95. The van der Waals surface area contributed by atoms with Crippen LogP contribution in [0, 0.1) is 0 Å². The van der Waals surface area contributed by atoms with E-state index in [2.05, 4.69) is 79.4 Å². The summed E-state index contributed by atoms with van der Waals surface area (Å²) in [7, 11) is -0.763. The first-order valence-corrected chi connectivity index (χ1v) is 10.8. The summed E-state index contributed by atoms with van der Waals surface area (Å²) in [6.45, 7) is 6.74. The molecule has 26 heavy (non-hydrogen) atoms. The number of allylic oxidation sites excluding steroid dienone is 1. The zero-order valence-electron chi connectivity index (χ0n) is 15.3. The number of hydrogen-bond acceptors (Lipinski definition) is 1. The lowest BCUT2D eigenvalue weighted by atomic mass is 10.1. The molecule has 2 heteroatoms. The number of hydrogen-bond donors (Lipinski definition) is 0. The maximum Gasteiger partial charge on any atom is 0.121 e. The van der Waals surface area contributed by atoms with Gasteiger partial charge in [0.1, 0.15) is 14.5 Å². The van der Waals surface area contributed by atoms with Gasteiger partial charge in [-0.15, -0.1) is 0 Å². The fourth-order valence-electron chi connectivity index (χ4n) is 3.01. The van der Waals surface area contributed by atoms with E-state index in [9.17, 15) is 0 Å². The van der Waals surface area contributed by atoms with Crippen molar-refractivity contribution >= 4 is 24.7 Å². The molecule has 0 heterocycles. The normalized spacial score (nSPS) is 10.7. The smallest absolute Gasteiger partial charge is 0.121 e. The molecule has 0 unspecified atom stereocenters. The van der Waals surface area contributed by atoms with Crippen molar-refractivity contribution in [3.05, 3.63) is 97.1 Å². The summed E-state index contributed by atoms with van der Waals surface area (Å²) in [5.41, 5.74) is 2.24. The minimum absolute atomic E-state index is 0.750. The van der Waals surface area contributed by atoms with Crippen LogP contribution in [-0.2, 0) is 0 Å². The molecule has 3 rings (SSSR count). The maximum atomic E-state index is 5.95. The minimum Gasteiger partial charge on any atom is -0.494 e. The van der Waals surface area contributed by atoms with Crippen LogP contribution in [0.25, 0.3) is 5.57 Å². The third-order valence-corrected chi connectivity index (χ3v) is 7.35. The van der Waals surface area contributed by atoms with E-state index in [4.69, 9.17) is 4.74 Å². The van der Waals surface area contributed by atoms with Crippen LogP contribution in [-0.4, -0.2) is 15.4 Å². The highest BCUT2D eigenvalue weighted by Crippen LogP contribution is 2.17. The van der Waals surface area contributed by atoms with Gasteiger partial charge in [-0.05, 0) is 37.1 Å². The Morgan fingerprint density at radius 3 is 1.85 bits per heavy atom. The Bertz CT molecular complexity index is 770. The molecule has 3 aromatic rings. The number of rotatable bonds is 8. The Kier molecular flexibility index (Phi) is 6.45. The topological polar surface area (TPSA) is 9.23 Å². The van der Waals surface area contributed by atoms with Gasteiger partial charge < -0.3 is 4.74 Å². The second-order valence-electron chi connectivity index (χ2n) is 6.47. The Morgan fingerprint density at radius 1 is 0.808 bits per heavy atom. The highest BCUT2D eigenvalue weighted by molar-refractivity contribution is 6.85. The molecule has 0 N–H and O–H groups in total. The van der Waals surface area contributed by atoms with Gasteiger partial charge >= 0.3 is 0 Å². The van der Waals surface area contributed by atoms with Crippen LogP contribution in [0.1, 0.15) is 18.9 Å². The molecule has 0 fully saturated rings. The van der Waals surface area contributed by atoms with Gasteiger partial charge in [-0.3, -0.25) is 0 Å². The molecular formula is C24H25OSi. The van der Waals surface area contributed by atoms with Crippen molar-refractivity contribution in [1.29, 1.82) is 0 Å². The van der Waals surface area contributed by atoms with Crippen LogP contribution in [0.4, 0.5) is 0 Å². The second-order valence-corrected chi connectivity index (χ2v) is 9.08. The van der Waals surface area contributed by atoms with Gasteiger partial charge in [0, 0.05) is 0 Å². The zero-order chi connectivity index (χ0) is 18.2. The van der Waals surface area contributed by atoms with Gasteiger partial charge in [-0.1, -0.05) is 95.3 Å². The molecule has 0 aliphatic heterocycles. The Labute approximate surface area is 158 Å². The van der Waals surface area contributed by atoms with Crippen LogP contribution < -0.4 is 15.1 Å². The summed E-state index contributed by atoms with van der Waals surface area (Å²) in [6.07, 6.45) is 1.06. The van der Waals surface area contributed by atoms with Crippen molar-refractivity contribution < 1.29 is 4.74 Å². The standard InChI is InChI=1S/C24H25OSi/c1-20(2)21-14-16-22(17-15-21)25-18-9-19-26(23-10-5-3-6-11-23)24-12-7-4-8-13-24/h3-8,10-17H,1,9,18-19H2,2H3. The lowest BCUT2D eigenvalue weighted by molar-refractivity contribution is 0.317.